The van der Waals surface area contributed by atoms with Gasteiger partial charge in [0.15, 0.2) is 0 Å². The zero-order chi connectivity index (χ0) is 22.0. The summed E-state index contributed by atoms with van der Waals surface area (Å²) in [6.07, 6.45) is 12.1. The summed E-state index contributed by atoms with van der Waals surface area (Å²) in [7, 11) is 0. The van der Waals surface area contributed by atoms with Crippen molar-refractivity contribution < 1.29 is 0 Å². The number of allylic oxidation sites excluding steroid dienone is 4. The predicted octanol–water partition coefficient (Wildman–Crippen LogP) is 5.77. The molecule has 2 atom stereocenters. The van der Waals surface area contributed by atoms with Crippen LogP contribution in [-0.2, 0) is 12.0 Å². The summed E-state index contributed by atoms with van der Waals surface area (Å²) in [6.45, 7) is 10.1. The minimum Gasteiger partial charge on any atom is -0.359 e. The highest BCUT2D eigenvalue weighted by Gasteiger charge is 2.46. The summed E-state index contributed by atoms with van der Waals surface area (Å²) in [5, 5.41) is 3.30. The van der Waals surface area contributed by atoms with Crippen LogP contribution >= 0.6 is 0 Å². The molecule has 0 aliphatic heterocycles. The zero-order valence-corrected chi connectivity index (χ0v) is 18.4. The van der Waals surface area contributed by atoms with Gasteiger partial charge in [-0.1, -0.05) is 48.6 Å². The zero-order valence-electron chi connectivity index (χ0n) is 18.4. The quantitative estimate of drug-likeness (QED) is 0.485. The Morgan fingerprint density at radius 3 is 2.87 bits per heavy atom. The highest BCUT2D eigenvalue weighted by atomic mass is 16.1. The fourth-order valence-corrected chi connectivity index (χ4v) is 4.96. The molecule has 31 heavy (non-hydrogen) atoms. The minimum absolute atomic E-state index is 0.0536. The SMILES string of the molecule is C=C(C)Nc1ccccc1/C=C/C=N/C12CC(C)=CC(Cc3[nH]c(=O)ccc31)/C2=C\C. The number of anilines is 1. The molecular weight excluding hydrogens is 382 g/mol. The third-order valence-electron chi connectivity index (χ3n) is 6.04. The van der Waals surface area contributed by atoms with Crippen LogP contribution < -0.4 is 10.9 Å². The van der Waals surface area contributed by atoms with Crippen LogP contribution in [-0.4, -0.2) is 11.2 Å². The van der Waals surface area contributed by atoms with Crippen molar-refractivity contribution in [3.05, 3.63) is 105 Å². The number of aliphatic imine (C=N–C) groups is 1. The molecule has 0 fully saturated rings. The fraction of sp³-hybridized carbons (Fsp3) is 0.259. The molecule has 0 amide bonds. The lowest BCUT2D eigenvalue weighted by atomic mass is 9.63. The Bertz CT molecular complexity index is 1190. The van der Waals surface area contributed by atoms with Gasteiger partial charge in [-0.15, -0.1) is 0 Å². The van der Waals surface area contributed by atoms with Crippen molar-refractivity contribution in [3.8, 4) is 0 Å². The summed E-state index contributed by atoms with van der Waals surface area (Å²) in [5.41, 5.74) is 7.24. The molecule has 1 aromatic heterocycles. The van der Waals surface area contributed by atoms with Gasteiger partial charge in [0.1, 0.15) is 5.54 Å². The molecule has 0 radical (unpaired) electrons. The average molecular weight is 412 g/mol. The molecule has 2 aliphatic rings. The summed E-state index contributed by atoms with van der Waals surface area (Å²) >= 11 is 0. The summed E-state index contributed by atoms with van der Waals surface area (Å²) in [5.74, 6) is 0.269. The van der Waals surface area contributed by atoms with Crippen LogP contribution in [0, 0.1) is 5.92 Å². The van der Waals surface area contributed by atoms with E-state index >= 15 is 0 Å². The first-order valence-corrected chi connectivity index (χ1v) is 10.7. The molecule has 2 unspecified atom stereocenters. The number of benzene rings is 1. The monoisotopic (exact) mass is 411 g/mol. The maximum absolute atomic E-state index is 12.0. The van der Waals surface area contributed by atoms with E-state index in [4.69, 9.17) is 4.99 Å². The number of pyridine rings is 1. The van der Waals surface area contributed by atoms with E-state index in [-0.39, 0.29) is 11.5 Å². The molecule has 0 saturated heterocycles. The molecule has 2 bridgehead atoms. The molecule has 2 aromatic rings. The van der Waals surface area contributed by atoms with Gasteiger partial charge in [0.05, 0.1) is 0 Å². The number of rotatable bonds is 5. The maximum Gasteiger partial charge on any atom is 0.248 e. The average Bonchev–Trinajstić information content (AvgIpc) is 2.71. The van der Waals surface area contributed by atoms with Crippen molar-refractivity contribution in [3.63, 3.8) is 0 Å². The van der Waals surface area contributed by atoms with Crippen LogP contribution in [0.3, 0.4) is 0 Å². The Kier molecular flexibility index (Phi) is 5.64. The highest BCUT2D eigenvalue weighted by Crippen LogP contribution is 2.51. The Balaban J connectivity index is 1.73. The summed E-state index contributed by atoms with van der Waals surface area (Å²) in [6, 6.07) is 11.7. The van der Waals surface area contributed by atoms with Gasteiger partial charge in [0, 0.05) is 47.3 Å². The Morgan fingerprint density at radius 2 is 2.10 bits per heavy atom. The van der Waals surface area contributed by atoms with Gasteiger partial charge in [-0.2, -0.15) is 0 Å². The number of hydrogen-bond acceptors (Lipinski definition) is 3. The second kappa shape index (κ2) is 8.38. The van der Waals surface area contributed by atoms with Crippen LogP contribution in [0.4, 0.5) is 5.69 Å². The number of para-hydroxylation sites is 1. The van der Waals surface area contributed by atoms with Gasteiger partial charge in [-0.3, -0.25) is 9.79 Å². The van der Waals surface area contributed by atoms with E-state index in [1.165, 1.54) is 11.1 Å². The Morgan fingerprint density at radius 1 is 1.29 bits per heavy atom. The number of fused-ring (bicyclic) bond motifs is 4. The van der Waals surface area contributed by atoms with Crippen LogP contribution in [0.15, 0.2) is 87.8 Å². The third-order valence-corrected chi connectivity index (χ3v) is 6.04. The molecule has 0 saturated carbocycles. The van der Waals surface area contributed by atoms with Crippen molar-refractivity contribution in [1.29, 1.82) is 0 Å². The maximum atomic E-state index is 12.0. The van der Waals surface area contributed by atoms with E-state index in [1.807, 2.05) is 43.5 Å². The molecule has 0 spiro atoms. The molecule has 4 rings (SSSR count). The first kappa shape index (κ1) is 20.9. The molecule has 158 valence electrons. The lowest BCUT2D eigenvalue weighted by molar-refractivity contribution is 0.413. The van der Waals surface area contributed by atoms with Gasteiger partial charge >= 0.3 is 0 Å². The molecule has 2 aliphatic carbocycles. The summed E-state index contributed by atoms with van der Waals surface area (Å²) < 4.78 is 0. The lowest BCUT2D eigenvalue weighted by Crippen LogP contribution is -2.40. The van der Waals surface area contributed by atoms with Gasteiger partial charge in [-0.05, 0) is 56.5 Å². The van der Waals surface area contributed by atoms with E-state index in [0.717, 1.165) is 41.0 Å². The van der Waals surface area contributed by atoms with Crippen molar-refractivity contribution in [1.82, 2.24) is 4.98 Å². The van der Waals surface area contributed by atoms with E-state index in [1.54, 1.807) is 6.07 Å². The van der Waals surface area contributed by atoms with E-state index in [9.17, 15) is 4.79 Å². The fourth-order valence-electron chi connectivity index (χ4n) is 4.96. The standard InChI is InChI=1S/C27H29N3O/c1-5-22-21-15-19(4)17-27(22,23-12-13-26(31)30-25(23)16-21)28-14-8-10-20-9-6-7-11-24(20)29-18(2)3/h5-15,21,29H,2,16-17H2,1,3-4H3,(H,30,31)/b10-8+,22-5+,28-14+. The van der Waals surface area contributed by atoms with Crippen molar-refractivity contribution in [2.24, 2.45) is 10.9 Å². The molecule has 4 nitrogen and oxygen atoms in total. The highest BCUT2D eigenvalue weighted by molar-refractivity contribution is 5.82. The number of nitrogens with one attached hydrogen (secondary N) is 2. The van der Waals surface area contributed by atoms with Crippen molar-refractivity contribution >= 4 is 18.0 Å². The van der Waals surface area contributed by atoms with Crippen LogP contribution in [0.1, 0.15) is 44.0 Å². The van der Waals surface area contributed by atoms with Gasteiger partial charge in [0.25, 0.3) is 0 Å². The number of hydrogen-bond donors (Lipinski definition) is 2. The lowest BCUT2D eigenvalue weighted by Gasteiger charge is -2.45. The van der Waals surface area contributed by atoms with E-state index in [2.05, 4.69) is 55.0 Å². The molecule has 1 heterocycles. The Hall–Kier alpha value is -3.40. The van der Waals surface area contributed by atoms with Crippen LogP contribution in [0.5, 0.6) is 0 Å². The van der Waals surface area contributed by atoms with Gasteiger partial charge < -0.3 is 10.3 Å². The topological polar surface area (TPSA) is 57.2 Å². The number of aromatic amines is 1. The van der Waals surface area contributed by atoms with Crippen LogP contribution in [0.25, 0.3) is 6.08 Å². The second-order valence-electron chi connectivity index (χ2n) is 8.45. The minimum atomic E-state index is -0.462. The van der Waals surface area contributed by atoms with E-state index < -0.39 is 5.54 Å². The van der Waals surface area contributed by atoms with E-state index in [0.29, 0.717) is 0 Å². The van der Waals surface area contributed by atoms with Crippen LogP contribution in [0.2, 0.25) is 0 Å². The normalized spacial score (nSPS) is 23.8. The molecule has 1 aromatic carbocycles. The first-order valence-electron chi connectivity index (χ1n) is 10.7. The largest absolute Gasteiger partial charge is 0.359 e. The molecule has 4 heteroatoms. The smallest absolute Gasteiger partial charge is 0.248 e. The van der Waals surface area contributed by atoms with Crippen molar-refractivity contribution in [2.45, 2.75) is 39.2 Å². The molecule has 2 N–H and O–H groups in total. The van der Waals surface area contributed by atoms with Gasteiger partial charge in [0.2, 0.25) is 5.56 Å². The number of H-pyrrole nitrogens is 1. The predicted molar refractivity (Wildman–Crippen MR) is 130 cm³/mol. The molecular formula is C27H29N3O. The van der Waals surface area contributed by atoms with Crippen molar-refractivity contribution in [2.75, 3.05) is 5.32 Å². The Labute approximate surface area is 183 Å². The third kappa shape index (κ3) is 3.98. The second-order valence-corrected chi connectivity index (χ2v) is 8.45. The number of nitrogens with zero attached hydrogens (tertiary/aromatic N) is 1. The first-order chi connectivity index (χ1) is 14.9. The van der Waals surface area contributed by atoms with Gasteiger partial charge in [-0.25, -0.2) is 0 Å². The number of aromatic nitrogens is 1. The summed E-state index contributed by atoms with van der Waals surface area (Å²) in [4.78, 5) is 20.2.